The van der Waals surface area contributed by atoms with E-state index in [1.807, 2.05) is 0 Å². The highest BCUT2D eigenvalue weighted by Gasteiger charge is 2.47. The van der Waals surface area contributed by atoms with Crippen molar-refractivity contribution in [1.82, 2.24) is 9.55 Å². The Morgan fingerprint density at radius 2 is 2.26 bits per heavy atom. The van der Waals surface area contributed by atoms with Crippen molar-refractivity contribution in [3.05, 3.63) is 32.6 Å². The smallest absolute Gasteiger partial charge is 0.330 e. The Bertz CT molecular complexity index is 572. The van der Waals surface area contributed by atoms with Gasteiger partial charge >= 0.3 is 5.69 Å². The lowest BCUT2D eigenvalue weighted by molar-refractivity contribution is -0.130. The zero-order valence-corrected chi connectivity index (χ0v) is 10.9. The van der Waals surface area contributed by atoms with Gasteiger partial charge in [0.25, 0.3) is 5.56 Å². The van der Waals surface area contributed by atoms with Crippen LogP contribution in [0.2, 0.25) is 0 Å². The van der Waals surface area contributed by atoms with Crippen LogP contribution in [0.25, 0.3) is 0 Å². The van der Waals surface area contributed by atoms with E-state index in [0.717, 1.165) is 0 Å². The molecule has 0 bridgehead atoms. The minimum atomic E-state index is -1.05. The monoisotopic (exact) mass is 270 g/mol. The normalized spacial score (nSPS) is 30.7. The van der Waals surface area contributed by atoms with Gasteiger partial charge in [0.05, 0.1) is 12.7 Å². The summed E-state index contributed by atoms with van der Waals surface area (Å²) in [5, 5.41) is 19.4. The van der Waals surface area contributed by atoms with Gasteiger partial charge in [-0.05, 0) is 13.3 Å². The molecule has 1 aromatic rings. The van der Waals surface area contributed by atoms with Crippen LogP contribution in [0.4, 0.5) is 0 Å². The van der Waals surface area contributed by atoms with E-state index in [1.54, 1.807) is 13.8 Å². The number of H-pyrrole nitrogens is 1. The molecule has 0 saturated carbocycles. The van der Waals surface area contributed by atoms with E-state index in [1.165, 1.54) is 10.8 Å². The highest BCUT2D eigenvalue weighted by Crippen LogP contribution is 2.37. The number of rotatable bonds is 3. The van der Waals surface area contributed by atoms with Crippen molar-refractivity contribution in [1.29, 1.82) is 0 Å². The van der Waals surface area contributed by atoms with Crippen LogP contribution in [0, 0.1) is 6.92 Å². The predicted octanol–water partition coefficient (Wildman–Crippen LogP) is -0.734. The Labute approximate surface area is 109 Å². The van der Waals surface area contributed by atoms with E-state index < -0.39 is 29.2 Å². The van der Waals surface area contributed by atoms with Gasteiger partial charge in [-0.3, -0.25) is 14.3 Å². The molecular weight excluding hydrogens is 252 g/mol. The molecule has 2 heterocycles. The molecule has 0 aromatic carbocycles. The first-order chi connectivity index (χ1) is 8.93. The van der Waals surface area contributed by atoms with E-state index >= 15 is 0 Å². The van der Waals surface area contributed by atoms with Gasteiger partial charge in [0, 0.05) is 18.2 Å². The first-order valence-corrected chi connectivity index (χ1v) is 6.22. The molecular formula is C12H18N2O5. The zero-order valence-electron chi connectivity index (χ0n) is 10.9. The van der Waals surface area contributed by atoms with E-state index in [-0.39, 0.29) is 13.0 Å². The predicted molar refractivity (Wildman–Crippen MR) is 66.9 cm³/mol. The summed E-state index contributed by atoms with van der Waals surface area (Å²) in [6, 6.07) is 0. The van der Waals surface area contributed by atoms with Crippen molar-refractivity contribution in [2.75, 3.05) is 6.61 Å². The molecule has 1 aromatic heterocycles. The van der Waals surface area contributed by atoms with Crippen LogP contribution in [0.15, 0.2) is 15.8 Å². The number of aryl methyl sites for hydroxylation is 1. The molecule has 1 unspecified atom stereocenters. The van der Waals surface area contributed by atoms with Crippen molar-refractivity contribution in [2.24, 2.45) is 0 Å². The lowest BCUT2D eigenvalue weighted by Crippen LogP contribution is -2.42. The number of aliphatic hydroxyl groups excluding tert-OH is 2. The second-order valence-corrected chi connectivity index (χ2v) is 4.88. The second kappa shape index (κ2) is 4.92. The van der Waals surface area contributed by atoms with Gasteiger partial charge in [-0.25, -0.2) is 4.79 Å². The minimum absolute atomic E-state index is 0.194. The van der Waals surface area contributed by atoms with Gasteiger partial charge in [0.15, 0.2) is 0 Å². The second-order valence-electron chi connectivity index (χ2n) is 4.88. The lowest BCUT2D eigenvalue weighted by atomic mass is 9.95. The van der Waals surface area contributed by atoms with Crippen LogP contribution in [0.3, 0.4) is 0 Å². The molecule has 106 valence electrons. The maximum Gasteiger partial charge on any atom is 0.330 e. The maximum absolute atomic E-state index is 11.8. The van der Waals surface area contributed by atoms with Gasteiger partial charge in [-0.1, -0.05) is 6.92 Å². The first kappa shape index (κ1) is 14.0. The average Bonchev–Trinajstić information content (AvgIpc) is 2.71. The third kappa shape index (κ3) is 2.24. The maximum atomic E-state index is 11.8. The van der Waals surface area contributed by atoms with Gasteiger partial charge in [-0.15, -0.1) is 0 Å². The fourth-order valence-electron chi connectivity index (χ4n) is 2.35. The highest BCUT2D eigenvalue weighted by molar-refractivity contribution is 5.03. The average molecular weight is 270 g/mol. The molecule has 0 radical (unpaired) electrons. The molecule has 1 fully saturated rings. The summed E-state index contributed by atoms with van der Waals surface area (Å²) in [6.07, 6.45) is 0.483. The van der Waals surface area contributed by atoms with Crippen LogP contribution < -0.4 is 11.2 Å². The molecule has 19 heavy (non-hydrogen) atoms. The molecule has 0 amide bonds. The summed E-state index contributed by atoms with van der Waals surface area (Å²) < 4.78 is 6.91. The van der Waals surface area contributed by atoms with Crippen molar-refractivity contribution in [2.45, 2.75) is 44.6 Å². The van der Waals surface area contributed by atoms with Crippen LogP contribution >= 0.6 is 0 Å². The van der Waals surface area contributed by atoms with E-state index in [9.17, 15) is 19.8 Å². The van der Waals surface area contributed by atoms with Crippen LogP contribution in [-0.4, -0.2) is 38.1 Å². The summed E-state index contributed by atoms with van der Waals surface area (Å²) in [5.41, 5.74) is -1.69. The van der Waals surface area contributed by atoms with Crippen LogP contribution in [0.5, 0.6) is 0 Å². The summed E-state index contributed by atoms with van der Waals surface area (Å²) in [4.78, 5) is 25.3. The topological polar surface area (TPSA) is 105 Å². The molecule has 3 atom stereocenters. The quantitative estimate of drug-likeness (QED) is 0.671. The molecule has 0 spiro atoms. The number of aromatic nitrogens is 2. The van der Waals surface area contributed by atoms with Crippen molar-refractivity contribution in [3.8, 4) is 0 Å². The number of ether oxygens (including phenoxy) is 1. The highest BCUT2D eigenvalue weighted by atomic mass is 16.6. The fourth-order valence-corrected chi connectivity index (χ4v) is 2.35. The van der Waals surface area contributed by atoms with E-state index in [0.29, 0.717) is 12.0 Å². The molecule has 3 N–H and O–H groups in total. The Kier molecular flexibility index (Phi) is 3.62. The molecule has 1 aliphatic heterocycles. The number of hydrogen-bond acceptors (Lipinski definition) is 5. The Morgan fingerprint density at radius 3 is 2.79 bits per heavy atom. The summed E-state index contributed by atoms with van der Waals surface area (Å²) in [7, 11) is 0. The van der Waals surface area contributed by atoms with E-state index in [4.69, 9.17) is 4.74 Å². The number of nitrogens with zero attached hydrogens (tertiary/aromatic N) is 1. The SMILES string of the molecule is CC[C@]1(CO)O[C@H](n2cc(C)c(=O)[nH]c2=O)CC1O. The summed E-state index contributed by atoms with van der Waals surface area (Å²) >= 11 is 0. The first-order valence-electron chi connectivity index (χ1n) is 6.22. The molecule has 1 aliphatic rings. The fraction of sp³-hybridized carbons (Fsp3) is 0.667. The largest absolute Gasteiger partial charge is 0.393 e. The van der Waals surface area contributed by atoms with Crippen molar-refractivity contribution >= 4 is 0 Å². The molecule has 7 nitrogen and oxygen atoms in total. The van der Waals surface area contributed by atoms with Gasteiger partial charge in [-0.2, -0.15) is 0 Å². The molecule has 1 saturated heterocycles. The lowest BCUT2D eigenvalue weighted by Gasteiger charge is -2.28. The van der Waals surface area contributed by atoms with Gasteiger partial charge in [0.1, 0.15) is 11.8 Å². The minimum Gasteiger partial charge on any atom is -0.393 e. The number of nitrogens with one attached hydrogen (secondary N) is 1. The van der Waals surface area contributed by atoms with Crippen LogP contribution in [0.1, 0.15) is 31.6 Å². The number of hydrogen-bond donors (Lipinski definition) is 3. The van der Waals surface area contributed by atoms with E-state index in [2.05, 4.69) is 4.98 Å². The number of aromatic amines is 1. The van der Waals surface area contributed by atoms with Gasteiger partial charge < -0.3 is 14.9 Å². The number of aliphatic hydroxyl groups is 2. The Balaban J connectivity index is 2.38. The van der Waals surface area contributed by atoms with Gasteiger partial charge in [0.2, 0.25) is 0 Å². The molecule has 2 rings (SSSR count). The van der Waals surface area contributed by atoms with Crippen molar-refractivity contribution in [3.63, 3.8) is 0 Å². The third-order valence-electron chi connectivity index (χ3n) is 3.73. The Hall–Kier alpha value is -1.44. The van der Waals surface area contributed by atoms with Crippen LogP contribution in [-0.2, 0) is 4.74 Å². The standard InChI is InChI=1S/C12H18N2O5/c1-3-12(6-15)8(16)4-9(19-12)14-5-7(2)10(17)13-11(14)18/h5,8-9,15-16H,3-4,6H2,1-2H3,(H,13,17,18)/t8?,9-,12+/m0/s1. The zero-order chi connectivity index (χ0) is 14.2. The summed E-state index contributed by atoms with van der Waals surface area (Å²) in [6.45, 7) is 3.06. The molecule has 0 aliphatic carbocycles. The van der Waals surface area contributed by atoms with Crippen molar-refractivity contribution < 1.29 is 14.9 Å². The third-order valence-corrected chi connectivity index (χ3v) is 3.73. The Morgan fingerprint density at radius 1 is 1.58 bits per heavy atom. The molecule has 7 heteroatoms. The summed E-state index contributed by atoms with van der Waals surface area (Å²) in [5.74, 6) is 0.